The van der Waals surface area contributed by atoms with Crippen molar-refractivity contribution >= 4 is 5.97 Å². The minimum atomic E-state index is -0.261. The Morgan fingerprint density at radius 1 is 1.22 bits per heavy atom. The van der Waals surface area contributed by atoms with Gasteiger partial charge in [0.25, 0.3) is 0 Å². The van der Waals surface area contributed by atoms with Crippen LogP contribution in [-0.4, -0.2) is 23.8 Å². The van der Waals surface area contributed by atoms with Crippen LogP contribution in [0, 0.1) is 16.7 Å². The summed E-state index contributed by atoms with van der Waals surface area (Å²) in [7, 11) is 0. The highest BCUT2D eigenvalue weighted by Crippen LogP contribution is 2.66. The molecule has 0 radical (unpaired) electrons. The minimum Gasteiger partial charge on any atom is -0.463 e. The molecule has 0 N–H and O–H groups in total. The molecule has 3 aliphatic rings. The molecular weight excluding hydrogens is 336 g/mol. The van der Waals surface area contributed by atoms with Crippen LogP contribution in [-0.2, 0) is 14.3 Å². The maximum Gasteiger partial charge on any atom is 0.330 e. The van der Waals surface area contributed by atoms with Gasteiger partial charge in [-0.1, -0.05) is 39.3 Å². The van der Waals surface area contributed by atoms with Gasteiger partial charge >= 0.3 is 5.97 Å². The van der Waals surface area contributed by atoms with Crippen LogP contribution in [0.2, 0.25) is 0 Å². The Labute approximate surface area is 165 Å². The smallest absolute Gasteiger partial charge is 0.330 e. The number of rotatable bonds is 4. The fraction of sp³-hybridized carbons (Fsp3) is 0.792. The van der Waals surface area contributed by atoms with E-state index in [2.05, 4.69) is 40.7 Å². The lowest BCUT2D eigenvalue weighted by atomic mass is 9.46. The summed E-state index contributed by atoms with van der Waals surface area (Å²) in [6, 6.07) is 0. The monoisotopic (exact) mass is 374 g/mol. The van der Waals surface area contributed by atoms with Crippen molar-refractivity contribution in [3.63, 3.8) is 0 Å². The molecule has 0 aromatic rings. The van der Waals surface area contributed by atoms with Crippen molar-refractivity contribution in [2.24, 2.45) is 16.7 Å². The minimum absolute atomic E-state index is 0.153. The van der Waals surface area contributed by atoms with Gasteiger partial charge in [0.2, 0.25) is 0 Å². The van der Waals surface area contributed by atoms with Crippen molar-refractivity contribution in [1.29, 1.82) is 0 Å². The van der Waals surface area contributed by atoms with Crippen molar-refractivity contribution in [1.82, 2.24) is 0 Å². The molecule has 0 amide bonds. The highest BCUT2D eigenvalue weighted by atomic mass is 16.5. The van der Waals surface area contributed by atoms with E-state index in [1.165, 1.54) is 31.3 Å². The van der Waals surface area contributed by atoms with Crippen molar-refractivity contribution in [2.75, 3.05) is 6.61 Å². The quantitative estimate of drug-likeness (QED) is 0.345. The summed E-state index contributed by atoms with van der Waals surface area (Å²) < 4.78 is 12.0. The number of carbonyl (C=O) groups is 1. The van der Waals surface area contributed by atoms with Gasteiger partial charge in [0, 0.05) is 11.5 Å². The van der Waals surface area contributed by atoms with Crippen LogP contribution < -0.4 is 0 Å². The summed E-state index contributed by atoms with van der Waals surface area (Å²) in [5.74, 6) is 0.406. The van der Waals surface area contributed by atoms with Crippen LogP contribution in [0.25, 0.3) is 0 Å². The van der Waals surface area contributed by atoms with Crippen molar-refractivity contribution in [2.45, 2.75) is 97.7 Å². The van der Waals surface area contributed by atoms with E-state index in [-0.39, 0.29) is 22.6 Å². The Kier molecular flexibility index (Phi) is 5.40. The normalized spacial score (nSPS) is 40.8. The number of allylic oxidation sites excluding steroid dienone is 1. The Bertz CT molecular complexity index is 646. The zero-order chi connectivity index (χ0) is 19.9. The molecule has 152 valence electrons. The fourth-order valence-electron chi connectivity index (χ4n) is 6.48. The molecule has 0 aromatic carbocycles. The third kappa shape index (κ3) is 3.41. The number of fused-ring (bicyclic) bond motifs is 2. The van der Waals surface area contributed by atoms with Crippen LogP contribution in [0.4, 0.5) is 0 Å². The molecule has 4 atom stereocenters. The SMILES string of the molecule is CCOC(=O)/C=C/C[C@]1(C)CC[C@@]2(O1)C(C)=CC[C@H]1C(C)(C)CCC[C@@]12C. The van der Waals surface area contributed by atoms with E-state index in [0.29, 0.717) is 17.9 Å². The Hall–Kier alpha value is -1.09. The molecule has 1 heterocycles. The summed E-state index contributed by atoms with van der Waals surface area (Å²) in [6.45, 7) is 14.1. The molecule has 27 heavy (non-hydrogen) atoms. The summed E-state index contributed by atoms with van der Waals surface area (Å²) >= 11 is 0. The van der Waals surface area contributed by atoms with Gasteiger partial charge in [-0.05, 0) is 76.2 Å². The maximum atomic E-state index is 11.6. The zero-order valence-corrected chi connectivity index (χ0v) is 18.2. The van der Waals surface area contributed by atoms with E-state index in [9.17, 15) is 4.79 Å². The van der Waals surface area contributed by atoms with Gasteiger partial charge < -0.3 is 9.47 Å². The first-order chi connectivity index (χ1) is 12.6. The number of carbonyl (C=O) groups excluding carboxylic acids is 1. The van der Waals surface area contributed by atoms with Gasteiger partial charge in [-0.3, -0.25) is 0 Å². The van der Waals surface area contributed by atoms with E-state index in [1.54, 1.807) is 6.08 Å². The molecule has 3 nitrogen and oxygen atoms in total. The number of hydrogen-bond acceptors (Lipinski definition) is 3. The van der Waals surface area contributed by atoms with Crippen LogP contribution in [0.1, 0.15) is 86.5 Å². The maximum absolute atomic E-state index is 11.6. The predicted molar refractivity (Wildman–Crippen MR) is 109 cm³/mol. The molecule has 3 rings (SSSR count). The molecule has 2 fully saturated rings. The lowest BCUT2D eigenvalue weighted by Crippen LogP contribution is -2.59. The van der Waals surface area contributed by atoms with E-state index in [4.69, 9.17) is 9.47 Å². The van der Waals surface area contributed by atoms with Gasteiger partial charge in [0.05, 0.1) is 17.8 Å². The summed E-state index contributed by atoms with van der Waals surface area (Å²) in [4.78, 5) is 11.6. The highest BCUT2D eigenvalue weighted by molar-refractivity contribution is 5.81. The summed E-state index contributed by atoms with van der Waals surface area (Å²) in [6.07, 6.45) is 13.9. The standard InChI is InChI=1S/C24H38O3/c1-7-26-20(25)10-8-14-22(5)16-17-24(27-22)18(2)11-12-19-21(3,4)13-9-15-23(19,24)6/h8,10-11,19H,7,9,12-17H2,1-6H3/b10-8+/t19-,22+,23-,24+/m0/s1. The summed E-state index contributed by atoms with van der Waals surface area (Å²) in [5, 5.41) is 0. The Morgan fingerprint density at radius 2 is 1.96 bits per heavy atom. The first-order valence-corrected chi connectivity index (χ1v) is 10.8. The Morgan fingerprint density at radius 3 is 2.67 bits per heavy atom. The van der Waals surface area contributed by atoms with Gasteiger partial charge in [-0.15, -0.1) is 0 Å². The van der Waals surface area contributed by atoms with Crippen LogP contribution in [0.5, 0.6) is 0 Å². The van der Waals surface area contributed by atoms with E-state index in [0.717, 1.165) is 19.3 Å². The third-order valence-corrected chi connectivity index (χ3v) is 7.97. The second kappa shape index (κ2) is 7.06. The van der Waals surface area contributed by atoms with Gasteiger partial charge in [0.15, 0.2) is 0 Å². The van der Waals surface area contributed by atoms with Crippen molar-refractivity contribution in [3.05, 3.63) is 23.8 Å². The second-order valence-corrected chi connectivity index (χ2v) is 10.2. The average molecular weight is 375 g/mol. The molecule has 0 unspecified atom stereocenters. The van der Waals surface area contributed by atoms with Gasteiger partial charge in [-0.2, -0.15) is 0 Å². The van der Waals surface area contributed by atoms with Crippen molar-refractivity contribution in [3.8, 4) is 0 Å². The second-order valence-electron chi connectivity index (χ2n) is 10.2. The number of hydrogen-bond donors (Lipinski definition) is 0. The summed E-state index contributed by atoms with van der Waals surface area (Å²) in [5.41, 5.74) is 1.61. The lowest BCUT2D eigenvalue weighted by molar-refractivity contribution is -0.187. The largest absolute Gasteiger partial charge is 0.463 e. The Balaban J connectivity index is 1.84. The van der Waals surface area contributed by atoms with Gasteiger partial charge in [0.1, 0.15) is 0 Å². The first kappa shape index (κ1) is 20.6. The molecule has 3 heteroatoms. The molecule has 0 bridgehead atoms. The van der Waals surface area contributed by atoms with E-state index < -0.39 is 0 Å². The van der Waals surface area contributed by atoms with E-state index in [1.807, 2.05) is 13.0 Å². The van der Waals surface area contributed by atoms with Gasteiger partial charge in [-0.25, -0.2) is 4.79 Å². The number of esters is 1. The fourth-order valence-corrected chi connectivity index (χ4v) is 6.48. The number of ether oxygens (including phenoxy) is 2. The van der Waals surface area contributed by atoms with E-state index >= 15 is 0 Å². The molecular formula is C24H38O3. The molecule has 2 aliphatic carbocycles. The molecule has 0 aromatic heterocycles. The first-order valence-electron chi connectivity index (χ1n) is 10.8. The molecule has 1 spiro atoms. The lowest BCUT2D eigenvalue weighted by Gasteiger charge is -2.61. The van der Waals surface area contributed by atoms with Crippen LogP contribution in [0.15, 0.2) is 23.8 Å². The zero-order valence-electron chi connectivity index (χ0n) is 18.2. The predicted octanol–water partition coefficient (Wildman–Crippen LogP) is 5.99. The van der Waals surface area contributed by atoms with Crippen molar-refractivity contribution < 1.29 is 14.3 Å². The molecule has 1 aliphatic heterocycles. The van der Waals surface area contributed by atoms with Crippen LogP contribution in [0.3, 0.4) is 0 Å². The average Bonchev–Trinajstić information content (AvgIpc) is 2.92. The van der Waals surface area contributed by atoms with Crippen LogP contribution >= 0.6 is 0 Å². The third-order valence-electron chi connectivity index (χ3n) is 7.97. The molecule has 1 saturated carbocycles. The molecule has 1 saturated heterocycles. The topological polar surface area (TPSA) is 35.5 Å². The highest BCUT2D eigenvalue weighted by Gasteiger charge is 2.64.